The molecule has 0 aliphatic rings. The molecule has 3 aromatic rings. The van der Waals surface area contributed by atoms with Crippen molar-refractivity contribution in [3.63, 3.8) is 0 Å². The molecule has 0 spiro atoms. The van der Waals surface area contributed by atoms with Crippen molar-refractivity contribution in [2.24, 2.45) is 5.10 Å². The van der Waals surface area contributed by atoms with E-state index in [9.17, 15) is 37.8 Å². The van der Waals surface area contributed by atoms with E-state index in [4.69, 9.17) is 0 Å². The summed E-state index contributed by atoms with van der Waals surface area (Å²) in [5, 5.41) is 22.5. The first-order valence-corrected chi connectivity index (χ1v) is 10.2. The number of carboxylic acid groups (broad SMARTS) is 2. The van der Waals surface area contributed by atoms with Crippen molar-refractivity contribution >= 4 is 24.1 Å². The van der Waals surface area contributed by atoms with Gasteiger partial charge in [-0.15, -0.1) is 0 Å². The fourth-order valence-electron chi connectivity index (χ4n) is 3.56. The first-order valence-electron chi connectivity index (χ1n) is 10.2. The fraction of sp³-hybridized carbons (Fsp3) is 0.167. The maximum Gasteiger partial charge on any atom is 0.416 e. The van der Waals surface area contributed by atoms with Crippen LogP contribution >= 0.6 is 0 Å². The minimum Gasteiger partial charge on any atom is -0.478 e. The zero-order valence-corrected chi connectivity index (χ0v) is 18.6. The lowest BCUT2D eigenvalue weighted by molar-refractivity contribution is -0.137. The number of hydrogen-bond acceptors (Lipinski definition) is 4. The Hall–Kier alpha value is -4.41. The average molecular weight is 487 g/mol. The number of aromatic nitrogens is 1. The van der Waals surface area contributed by atoms with E-state index in [1.807, 2.05) is 0 Å². The van der Waals surface area contributed by atoms with Crippen LogP contribution in [0, 0.1) is 13.8 Å². The molecule has 0 fully saturated rings. The van der Waals surface area contributed by atoms with Crippen molar-refractivity contribution < 1.29 is 37.8 Å². The highest BCUT2D eigenvalue weighted by Crippen LogP contribution is 2.29. The number of nitrogens with zero attached hydrogens (tertiary/aromatic N) is 2. The number of rotatable bonds is 7. The molecule has 0 atom stereocenters. The van der Waals surface area contributed by atoms with Gasteiger partial charge in [-0.2, -0.15) is 18.3 Å². The van der Waals surface area contributed by atoms with Gasteiger partial charge >= 0.3 is 18.1 Å². The summed E-state index contributed by atoms with van der Waals surface area (Å²) in [6, 6.07) is 9.88. The molecule has 1 heterocycles. The number of nitrogens with one attached hydrogen (secondary N) is 1. The molecule has 0 saturated carbocycles. The molecule has 0 aliphatic carbocycles. The number of carboxylic acids is 2. The van der Waals surface area contributed by atoms with Gasteiger partial charge in [-0.1, -0.05) is 18.2 Å². The van der Waals surface area contributed by atoms with Gasteiger partial charge in [0.15, 0.2) is 0 Å². The smallest absolute Gasteiger partial charge is 0.416 e. The van der Waals surface area contributed by atoms with E-state index in [0.29, 0.717) is 22.6 Å². The second-order valence-corrected chi connectivity index (χ2v) is 7.71. The molecule has 2 aromatic carbocycles. The van der Waals surface area contributed by atoms with Crippen LogP contribution in [0.3, 0.4) is 0 Å². The monoisotopic (exact) mass is 487 g/mol. The van der Waals surface area contributed by atoms with Crippen LogP contribution in [-0.2, 0) is 17.4 Å². The summed E-state index contributed by atoms with van der Waals surface area (Å²) in [6.45, 7) is 3.43. The Bertz CT molecular complexity index is 1310. The highest BCUT2D eigenvalue weighted by molar-refractivity contribution is 5.95. The number of benzene rings is 2. The van der Waals surface area contributed by atoms with E-state index < -0.39 is 29.6 Å². The summed E-state index contributed by atoms with van der Waals surface area (Å²) < 4.78 is 40.1. The molecular formula is C24H20F3N3O5. The van der Waals surface area contributed by atoms with Crippen molar-refractivity contribution in [2.45, 2.75) is 26.4 Å². The van der Waals surface area contributed by atoms with Crippen molar-refractivity contribution in [2.75, 3.05) is 0 Å². The predicted octanol–water partition coefficient (Wildman–Crippen LogP) is 4.20. The van der Waals surface area contributed by atoms with E-state index in [1.54, 1.807) is 24.5 Å². The lowest BCUT2D eigenvalue weighted by atomic mass is 10.1. The third-order valence-corrected chi connectivity index (χ3v) is 5.15. The second kappa shape index (κ2) is 9.84. The first-order chi connectivity index (χ1) is 16.4. The van der Waals surface area contributed by atoms with Crippen LogP contribution in [-0.4, -0.2) is 38.8 Å². The van der Waals surface area contributed by atoms with E-state index >= 15 is 0 Å². The lowest BCUT2D eigenvalue weighted by Crippen LogP contribution is -2.20. The molecular weight excluding hydrogens is 467 g/mol. The number of aromatic carboxylic acids is 2. The molecule has 0 radical (unpaired) electrons. The van der Waals surface area contributed by atoms with Gasteiger partial charge in [0.2, 0.25) is 5.91 Å². The van der Waals surface area contributed by atoms with Crippen LogP contribution < -0.4 is 5.43 Å². The van der Waals surface area contributed by atoms with Gasteiger partial charge < -0.3 is 14.8 Å². The molecule has 35 heavy (non-hydrogen) atoms. The molecule has 182 valence electrons. The molecule has 8 nitrogen and oxygen atoms in total. The van der Waals surface area contributed by atoms with E-state index in [1.165, 1.54) is 30.5 Å². The van der Waals surface area contributed by atoms with Crippen LogP contribution in [0.1, 0.15) is 48.8 Å². The number of halogens is 3. The normalized spacial score (nSPS) is 11.6. The molecule has 0 unspecified atom stereocenters. The molecule has 0 bridgehead atoms. The first kappa shape index (κ1) is 25.2. The van der Waals surface area contributed by atoms with Crippen LogP contribution in [0.4, 0.5) is 13.2 Å². The van der Waals surface area contributed by atoms with Gasteiger partial charge in [0.1, 0.15) is 0 Å². The minimum atomic E-state index is -4.51. The molecule has 3 N–H and O–H groups in total. The predicted molar refractivity (Wildman–Crippen MR) is 120 cm³/mol. The number of alkyl halides is 3. The Balaban J connectivity index is 1.79. The van der Waals surface area contributed by atoms with Gasteiger partial charge in [-0.25, -0.2) is 15.0 Å². The van der Waals surface area contributed by atoms with E-state index in [2.05, 4.69) is 10.5 Å². The summed E-state index contributed by atoms with van der Waals surface area (Å²) >= 11 is 0. The Morgan fingerprint density at radius 3 is 2.20 bits per heavy atom. The van der Waals surface area contributed by atoms with Gasteiger partial charge in [-0.3, -0.25) is 4.79 Å². The zero-order valence-electron chi connectivity index (χ0n) is 18.6. The van der Waals surface area contributed by atoms with Gasteiger partial charge in [-0.05, 0) is 49.7 Å². The van der Waals surface area contributed by atoms with Crippen LogP contribution in [0.5, 0.6) is 0 Å². The molecule has 0 aliphatic heterocycles. The number of hydrogen-bond donors (Lipinski definition) is 3. The molecule has 1 amide bonds. The van der Waals surface area contributed by atoms with E-state index in [-0.39, 0.29) is 23.1 Å². The molecule has 1 aromatic heterocycles. The maximum atomic E-state index is 12.8. The van der Waals surface area contributed by atoms with Gasteiger partial charge in [0.05, 0.1) is 29.3 Å². The Kier molecular flexibility index (Phi) is 7.09. The highest BCUT2D eigenvalue weighted by Gasteiger charge is 2.30. The number of hydrazone groups is 1. The zero-order chi connectivity index (χ0) is 25.9. The fourth-order valence-corrected chi connectivity index (χ4v) is 3.56. The van der Waals surface area contributed by atoms with Crippen LogP contribution in [0.25, 0.3) is 5.69 Å². The number of amides is 1. The summed E-state index contributed by atoms with van der Waals surface area (Å²) in [7, 11) is 0. The third kappa shape index (κ3) is 5.94. The Morgan fingerprint density at radius 1 is 1.00 bits per heavy atom. The number of carbonyl (C=O) groups excluding carboxylic acids is 1. The standard InChI is InChI=1S/C24H20F3N3O5/c1-13-6-18(12-28-29-21(31)8-15-4-3-5-19(7-15)24(25,26)27)14(2)30(13)20-10-16(22(32)33)9-17(11-20)23(34)35/h3-7,9-12H,8H2,1-2H3,(H,29,31)(H,32,33)(H,34,35)/b28-12+. The highest BCUT2D eigenvalue weighted by atomic mass is 19.4. The van der Waals surface area contributed by atoms with Crippen LogP contribution in [0.15, 0.2) is 53.6 Å². The van der Waals surface area contributed by atoms with Crippen molar-refractivity contribution in [3.05, 3.63) is 87.7 Å². The summed E-state index contributed by atoms with van der Waals surface area (Å²) in [6.07, 6.45) is -3.48. The SMILES string of the molecule is Cc1cc(/C=N/NC(=O)Cc2cccc(C(F)(F)F)c2)c(C)n1-c1cc(C(=O)O)cc(C(=O)O)c1. The number of carbonyl (C=O) groups is 3. The topological polar surface area (TPSA) is 121 Å². The third-order valence-electron chi connectivity index (χ3n) is 5.15. The summed E-state index contributed by atoms with van der Waals surface area (Å²) in [5.41, 5.74) is 3.34. The average Bonchev–Trinajstić information content (AvgIpc) is 3.05. The Labute approximate surface area is 197 Å². The van der Waals surface area contributed by atoms with Gasteiger partial charge in [0.25, 0.3) is 0 Å². The van der Waals surface area contributed by atoms with E-state index in [0.717, 1.165) is 18.2 Å². The molecule has 11 heteroatoms. The van der Waals surface area contributed by atoms with Crippen molar-refractivity contribution in [1.29, 1.82) is 0 Å². The molecule has 0 saturated heterocycles. The Morgan fingerprint density at radius 2 is 1.63 bits per heavy atom. The largest absolute Gasteiger partial charge is 0.478 e. The van der Waals surface area contributed by atoms with Crippen LogP contribution in [0.2, 0.25) is 0 Å². The maximum absolute atomic E-state index is 12.8. The molecule has 3 rings (SSSR count). The minimum absolute atomic E-state index is 0.179. The van der Waals surface area contributed by atoms with Crippen molar-refractivity contribution in [1.82, 2.24) is 9.99 Å². The van der Waals surface area contributed by atoms with Gasteiger partial charge in [0, 0.05) is 22.6 Å². The number of aryl methyl sites for hydroxylation is 1. The van der Waals surface area contributed by atoms with Crippen molar-refractivity contribution in [3.8, 4) is 5.69 Å². The lowest BCUT2D eigenvalue weighted by Gasteiger charge is -2.12. The summed E-state index contributed by atoms with van der Waals surface area (Å²) in [5.74, 6) is -3.17. The summed E-state index contributed by atoms with van der Waals surface area (Å²) in [4.78, 5) is 35.0. The second-order valence-electron chi connectivity index (χ2n) is 7.71. The quantitative estimate of drug-likeness (QED) is 0.341.